The molecule has 146 valence electrons. The zero-order valence-corrected chi connectivity index (χ0v) is 16.5. The summed E-state index contributed by atoms with van der Waals surface area (Å²) >= 11 is 0. The Labute approximate surface area is 163 Å². The molecule has 2 aromatic carbocycles. The van der Waals surface area contributed by atoms with Gasteiger partial charge in [-0.1, -0.05) is 18.2 Å². The fourth-order valence-electron chi connectivity index (χ4n) is 2.58. The van der Waals surface area contributed by atoms with Crippen molar-refractivity contribution in [2.24, 2.45) is 0 Å². The minimum Gasteiger partial charge on any atom is -0.467 e. The number of para-hydroxylation sites is 1. The Morgan fingerprint density at radius 1 is 1.14 bits per heavy atom. The number of aromatic nitrogens is 2. The smallest absolute Gasteiger partial charge is 0.262 e. The molecule has 1 amide bonds. The molecule has 1 aromatic heterocycles. The predicted molar refractivity (Wildman–Crippen MR) is 106 cm³/mol. The van der Waals surface area contributed by atoms with Gasteiger partial charge in [0.2, 0.25) is 15.9 Å². The number of aryl methyl sites for hydroxylation is 1. The van der Waals surface area contributed by atoms with Crippen molar-refractivity contribution in [2.45, 2.75) is 11.8 Å². The summed E-state index contributed by atoms with van der Waals surface area (Å²) in [6, 6.07) is 12.0. The quantitative estimate of drug-likeness (QED) is 0.681. The van der Waals surface area contributed by atoms with Crippen LogP contribution in [0.15, 0.2) is 53.7 Å². The van der Waals surface area contributed by atoms with Gasteiger partial charge in [-0.15, -0.1) is 0 Å². The molecule has 0 fully saturated rings. The lowest BCUT2D eigenvalue weighted by atomic mass is 10.2. The number of amides is 1. The molecule has 9 heteroatoms. The first-order valence-electron chi connectivity index (χ1n) is 8.44. The van der Waals surface area contributed by atoms with E-state index in [1.807, 2.05) is 18.2 Å². The standard InChI is InChI=1S/C19H20N4O4S/c1-13-8-9-14(10-17(13)28(25,26)23(2)3)22-18(24)11-27-19-15-6-4-5-7-16(15)20-12-21-19/h4-10,12H,11H2,1-3H3,(H,22,24). The van der Waals surface area contributed by atoms with E-state index in [2.05, 4.69) is 15.3 Å². The Bertz CT molecular complexity index is 1120. The van der Waals surface area contributed by atoms with Gasteiger partial charge in [-0.25, -0.2) is 22.7 Å². The summed E-state index contributed by atoms with van der Waals surface area (Å²) in [5, 5.41) is 3.35. The van der Waals surface area contributed by atoms with Crippen molar-refractivity contribution in [1.29, 1.82) is 0 Å². The fraction of sp³-hybridized carbons (Fsp3) is 0.211. The molecule has 0 saturated carbocycles. The lowest BCUT2D eigenvalue weighted by Gasteiger charge is -2.15. The second kappa shape index (κ2) is 7.91. The van der Waals surface area contributed by atoms with E-state index in [-0.39, 0.29) is 11.5 Å². The van der Waals surface area contributed by atoms with Crippen molar-refractivity contribution < 1.29 is 17.9 Å². The zero-order chi connectivity index (χ0) is 20.3. The molecule has 0 spiro atoms. The maximum Gasteiger partial charge on any atom is 0.262 e. The van der Waals surface area contributed by atoms with E-state index in [1.54, 1.807) is 25.1 Å². The summed E-state index contributed by atoms with van der Waals surface area (Å²) in [6.45, 7) is 1.43. The van der Waals surface area contributed by atoms with Crippen molar-refractivity contribution in [1.82, 2.24) is 14.3 Å². The Balaban J connectivity index is 1.73. The SMILES string of the molecule is Cc1ccc(NC(=O)COc2ncnc3ccccc23)cc1S(=O)(=O)N(C)C. The Morgan fingerprint density at radius 3 is 2.64 bits per heavy atom. The molecule has 0 unspecified atom stereocenters. The zero-order valence-electron chi connectivity index (χ0n) is 15.7. The summed E-state index contributed by atoms with van der Waals surface area (Å²) in [5.74, 6) is -0.125. The van der Waals surface area contributed by atoms with E-state index >= 15 is 0 Å². The van der Waals surface area contributed by atoms with Crippen LogP contribution in [-0.2, 0) is 14.8 Å². The number of rotatable bonds is 6. The highest BCUT2D eigenvalue weighted by Gasteiger charge is 2.20. The predicted octanol–water partition coefficient (Wildman–Crippen LogP) is 2.21. The lowest BCUT2D eigenvalue weighted by Crippen LogP contribution is -2.24. The number of benzene rings is 2. The van der Waals surface area contributed by atoms with Crippen molar-refractivity contribution in [2.75, 3.05) is 26.0 Å². The normalized spacial score (nSPS) is 11.6. The fourth-order valence-corrected chi connectivity index (χ4v) is 3.72. The number of hydrogen-bond donors (Lipinski definition) is 1. The minimum absolute atomic E-state index is 0.137. The van der Waals surface area contributed by atoms with Crippen molar-refractivity contribution >= 4 is 32.5 Å². The maximum absolute atomic E-state index is 12.4. The topological polar surface area (TPSA) is 101 Å². The first-order valence-corrected chi connectivity index (χ1v) is 9.88. The maximum atomic E-state index is 12.4. The van der Waals surface area contributed by atoms with Crippen LogP contribution in [0.2, 0.25) is 0 Å². The summed E-state index contributed by atoms with van der Waals surface area (Å²) in [6.07, 6.45) is 1.37. The van der Waals surface area contributed by atoms with E-state index in [1.165, 1.54) is 26.5 Å². The molecule has 0 aliphatic carbocycles. The van der Waals surface area contributed by atoms with Crippen LogP contribution in [0.5, 0.6) is 5.88 Å². The van der Waals surface area contributed by atoms with Gasteiger partial charge in [0, 0.05) is 19.8 Å². The molecule has 3 aromatic rings. The molecule has 0 bridgehead atoms. The second-order valence-electron chi connectivity index (χ2n) is 6.30. The Morgan fingerprint density at radius 2 is 1.89 bits per heavy atom. The molecule has 0 aliphatic heterocycles. The third kappa shape index (κ3) is 4.10. The third-order valence-corrected chi connectivity index (χ3v) is 6.03. The average Bonchev–Trinajstić information content (AvgIpc) is 2.67. The van der Waals surface area contributed by atoms with Gasteiger partial charge in [-0.05, 0) is 36.8 Å². The highest BCUT2D eigenvalue weighted by molar-refractivity contribution is 7.89. The number of nitrogens with one attached hydrogen (secondary N) is 1. The van der Waals surface area contributed by atoms with Crippen LogP contribution in [0, 0.1) is 6.92 Å². The van der Waals surface area contributed by atoms with Crippen LogP contribution >= 0.6 is 0 Å². The molecule has 0 atom stereocenters. The summed E-state index contributed by atoms with van der Waals surface area (Å²) in [5.41, 5.74) is 1.67. The molecule has 0 saturated heterocycles. The molecule has 0 aliphatic rings. The monoisotopic (exact) mass is 400 g/mol. The molecule has 28 heavy (non-hydrogen) atoms. The van der Waals surface area contributed by atoms with E-state index < -0.39 is 15.9 Å². The highest BCUT2D eigenvalue weighted by atomic mass is 32.2. The average molecular weight is 400 g/mol. The Kier molecular flexibility index (Phi) is 5.57. The first-order chi connectivity index (χ1) is 13.3. The number of ether oxygens (including phenoxy) is 1. The molecule has 0 radical (unpaired) electrons. The number of sulfonamides is 1. The van der Waals surface area contributed by atoms with Gasteiger partial charge in [-0.2, -0.15) is 0 Å². The van der Waals surface area contributed by atoms with Gasteiger partial charge >= 0.3 is 0 Å². The van der Waals surface area contributed by atoms with Crippen molar-refractivity contribution in [3.63, 3.8) is 0 Å². The molecule has 3 rings (SSSR count). The van der Waals surface area contributed by atoms with Crippen LogP contribution in [0.3, 0.4) is 0 Å². The Hall–Kier alpha value is -3.04. The van der Waals surface area contributed by atoms with Crippen LogP contribution in [0.25, 0.3) is 10.9 Å². The molecular weight excluding hydrogens is 380 g/mol. The number of anilines is 1. The van der Waals surface area contributed by atoms with Gasteiger partial charge < -0.3 is 10.1 Å². The van der Waals surface area contributed by atoms with Crippen LogP contribution in [0.4, 0.5) is 5.69 Å². The van der Waals surface area contributed by atoms with Crippen LogP contribution < -0.4 is 10.1 Å². The molecular formula is C19H20N4O4S. The number of carbonyl (C=O) groups excluding carboxylic acids is 1. The van der Waals surface area contributed by atoms with Crippen LogP contribution in [-0.4, -0.2) is 49.3 Å². The van der Waals surface area contributed by atoms with Crippen molar-refractivity contribution in [3.05, 3.63) is 54.4 Å². The largest absolute Gasteiger partial charge is 0.467 e. The van der Waals surface area contributed by atoms with Gasteiger partial charge in [0.25, 0.3) is 5.91 Å². The number of nitrogens with zero attached hydrogens (tertiary/aromatic N) is 3. The van der Waals surface area contributed by atoms with E-state index in [0.717, 1.165) is 4.31 Å². The lowest BCUT2D eigenvalue weighted by molar-refractivity contribution is -0.118. The summed E-state index contributed by atoms with van der Waals surface area (Å²) in [4.78, 5) is 20.6. The van der Waals surface area contributed by atoms with Gasteiger partial charge in [0.05, 0.1) is 15.8 Å². The van der Waals surface area contributed by atoms with Gasteiger partial charge in [0.1, 0.15) is 6.33 Å². The third-order valence-electron chi connectivity index (χ3n) is 4.08. The molecule has 1 N–H and O–H groups in total. The number of fused-ring (bicyclic) bond motifs is 1. The molecule has 1 heterocycles. The highest BCUT2D eigenvalue weighted by Crippen LogP contribution is 2.23. The molecule has 8 nitrogen and oxygen atoms in total. The van der Waals surface area contributed by atoms with Crippen LogP contribution in [0.1, 0.15) is 5.56 Å². The second-order valence-corrected chi connectivity index (χ2v) is 8.42. The number of carbonyl (C=O) groups is 1. The van der Waals surface area contributed by atoms with Gasteiger partial charge in [-0.3, -0.25) is 4.79 Å². The van der Waals surface area contributed by atoms with Crippen molar-refractivity contribution in [3.8, 4) is 5.88 Å². The summed E-state index contributed by atoms with van der Waals surface area (Å²) < 4.78 is 31.5. The number of hydrogen-bond acceptors (Lipinski definition) is 6. The van der Waals surface area contributed by atoms with Gasteiger partial charge in [0.15, 0.2) is 6.61 Å². The van der Waals surface area contributed by atoms with E-state index in [0.29, 0.717) is 28.0 Å². The summed E-state index contributed by atoms with van der Waals surface area (Å²) in [7, 11) is -0.695. The van der Waals surface area contributed by atoms with E-state index in [9.17, 15) is 13.2 Å². The van der Waals surface area contributed by atoms with E-state index in [4.69, 9.17) is 4.74 Å². The minimum atomic E-state index is -3.61. The first kappa shape index (κ1) is 19.7.